The van der Waals surface area contributed by atoms with Crippen molar-refractivity contribution in [3.8, 4) is 0 Å². The van der Waals surface area contributed by atoms with E-state index in [1.165, 1.54) is 5.56 Å². The highest BCUT2D eigenvalue weighted by Gasteiger charge is 2.05. The number of benzene rings is 1. The van der Waals surface area contributed by atoms with Gasteiger partial charge in [-0.05, 0) is 37.7 Å². The van der Waals surface area contributed by atoms with Gasteiger partial charge in [-0.1, -0.05) is 37.3 Å². The minimum Gasteiger partial charge on any atom is -0.393 e. The molecule has 0 aliphatic carbocycles. The summed E-state index contributed by atoms with van der Waals surface area (Å²) in [6.45, 7) is 4.06. The van der Waals surface area contributed by atoms with Gasteiger partial charge in [0.15, 0.2) is 0 Å². The fourth-order valence-electron chi connectivity index (χ4n) is 1.76. The van der Waals surface area contributed by atoms with Crippen molar-refractivity contribution in [2.24, 2.45) is 5.92 Å². The van der Waals surface area contributed by atoms with Crippen LogP contribution in [0.5, 0.6) is 0 Å². The number of aliphatic hydroxyl groups is 1. The van der Waals surface area contributed by atoms with E-state index in [4.69, 9.17) is 0 Å². The predicted octanol–water partition coefficient (Wildman–Crippen LogP) is 3.03. The summed E-state index contributed by atoms with van der Waals surface area (Å²) < 4.78 is 0. The van der Waals surface area contributed by atoms with Crippen LogP contribution < -0.4 is 0 Å². The maximum Gasteiger partial charge on any atom is 0.0514 e. The number of hydrogen-bond acceptors (Lipinski definition) is 1. The maximum absolute atomic E-state index is 9.22. The number of aliphatic hydroxyl groups excluding tert-OH is 1. The molecule has 0 saturated heterocycles. The lowest BCUT2D eigenvalue weighted by Gasteiger charge is -2.12. The Kier molecular flexibility index (Phi) is 4.68. The molecule has 2 atom stereocenters. The van der Waals surface area contributed by atoms with Gasteiger partial charge >= 0.3 is 0 Å². The Morgan fingerprint density at radius 1 is 1.14 bits per heavy atom. The SMILES string of the molecule is C[C@H](CCc1ccccc1)C[C@@H](C)O. The molecule has 1 rings (SSSR count). The van der Waals surface area contributed by atoms with E-state index < -0.39 is 0 Å². The Morgan fingerprint density at radius 3 is 2.36 bits per heavy atom. The van der Waals surface area contributed by atoms with E-state index in [9.17, 15) is 5.11 Å². The summed E-state index contributed by atoms with van der Waals surface area (Å²) in [5.74, 6) is 0.607. The first-order valence-corrected chi connectivity index (χ1v) is 5.40. The Balaban J connectivity index is 2.27. The van der Waals surface area contributed by atoms with E-state index in [1.807, 2.05) is 13.0 Å². The highest BCUT2D eigenvalue weighted by molar-refractivity contribution is 5.14. The topological polar surface area (TPSA) is 20.2 Å². The van der Waals surface area contributed by atoms with Gasteiger partial charge in [0.25, 0.3) is 0 Å². The third kappa shape index (κ3) is 4.43. The van der Waals surface area contributed by atoms with Crippen LogP contribution in [0.2, 0.25) is 0 Å². The fourth-order valence-corrected chi connectivity index (χ4v) is 1.76. The third-order valence-electron chi connectivity index (χ3n) is 2.51. The van der Waals surface area contributed by atoms with Crippen LogP contribution >= 0.6 is 0 Å². The van der Waals surface area contributed by atoms with Crippen molar-refractivity contribution in [2.45, 2.75) is 39.2 Å². The molecule has 0 radical (unpaired) electrons. The van der Waals surface area contributed by atoms with Gasteiger partial charge in [0.05, 0.1) is 6.10 Å². The molecule has 1 N–H and O–H groups in total. The lowest BCUT2D eigenvalue weighted by Crippen LogP contribution is -2.07. The normalized spacial score (nSPS) is 15.1. The largest absolute Gasteiger partial charge is 0.393 e. The average molecular weight is 192 g/mol. The zero-order valence-corrected chi connectivity index (χ0v) is 9.11. The Hall–Kier alpha value is -0.820. The van der Waals surface area contributed by atoms with E-state index in [1.54, 1.807) is 0 Å². The zero-order valence-electron chi connectivity index (χ0n) is 9.11. The minimum atomic E-state index is -0.166. The summed E-state index contributed by atoms with van der Waals surface area (Å²) in [6, 6.07) is 10.5. The Morgan fingerprint density at radius 2 is 1.79 bits per heavy atom. The number of hydrogen-bond donors (Lipinski definition) is 1. The van der Waals surface area contributed by atoms with Crippen LogP contribution in [0.3, 0.4) is 0 Å². The van der Waals surface area contributed by atoms with Crippen LogP contribution in [0.25, 0.3) is 0 Å². The lowest BCUT2D eigenvalue weighted by atomic mass is 9.96. The predicted molar refractivity (Wildman–Crippen MR) is 60.2 cm³/mol. The molecule has 0 fully saturated rings. The van der Waals surface area contributed by atoms with E-state index in [0.717, 1.165) is 19.3 Å². The molecule has 0 heterocycles. The molecule has 0 amide bonds. The van der Waals surface area contributed by atoms with Crippen LogP contribution in [0.4, 0.5) is 0 Å². The fraction of sp³-hybridized carbons (Fsp3) is 0.538. The molecule has 14 heavy (non-hydrogen) atoms. The molecular formula is C13H20O. The second-order valence-electron chi connectivity index (χ2n) is 4.21. The molecule has 1 heteroatoms. The van der Waals surface area contributed by atoms with Gasteiger partial charge < -0.3 is 5.11 Å². The molecule has 0 bridgehead atoms. The third-order valence-corrected chi connectivity index (χ3v) is 2.51. The molecule has 0 aromatic heterocycles. The quantitative estimate of drug-likeness (QED) is 0.760. The van der Waals surface area contributed by atoms with Gasteiger partial charge in [-0.25, -0.2) is 0 Å². The number of rotatable bonds is 5. The summed E-state index contributed by atoms with van der Waals surface area (Å²) in [4.78, 5) is 0. The van der Waals surface area contributed by atoms with Gasteiger partial charge in [-0.15, -0.1) is 0 Å². The molecule has 0 aliphatic heterocycles. The highest BCUT2D eigenvalue weighted by atomic mass is 16.3. The molecule has 1 aromatic rings. The summed E-state index contributed by atoms with van der Waals surface area (Å²) in [7, 11) is 0. The molecule has 1 aromatic carbocycles. The molecule has 0 spiro atoms. The van der Waals surface area contributed by atoms with Crippen LogP contribution in [0.15, 0.2) is 30.3 Å². The minimum absolute atomic E-state index is 0.166. The summed E-state index contributed by atoms with van der Waals surface area (Å²) in [6.07, 6.45) is 3.02. The molecule has 78 valence electrons. The maximum atomic E-state index is 9.22. The first kappa shape index (κ1) is 11.3. The summed E-state index contributed by atoms with van der Waals surface area (Å²) in [5.41, 5.74) is 1.39. The van der Waals surface area contributed by atoms with Crippen LogP contribution in [-0.4, -0.2) is 11.2 Å². The molecule has 0 aliphatic rings. The monoisotopic (exact) mass is 192 g/mol. The Bertz CT molecular complexity index is 241. The van der Waals surface area contributed by atoms with Gasteiger partial charge in [0, 0.05) is 0 Å². The van der Waals surface area contributed by atoms with Crippen molar-refractivity contribution in [3.63, 3.8) is 0 Å². The lowest BCUT2D eigenvalue weighted by molar-refractivity contribution is 0.162. The van der Waals surface area contributed by atoms with Gasteiger partial charge in [-0.2, -0.15) is 0 Å². The van der Waals surface area contributed by atoms with Crippen molar-refractivity contribution in [1.29, 1.82) is 0 Å². The smallest absolute Gasteiger partial charge is 0.0514 e. The van der Waals surface area contributed by atoms with Gasteiger partial charge in [-0.3, -0.25) is 0 Å². The van der Waals surface area contributed by atoms with Crippen molar-refractivity contribution in [2.75, 3.05) is 0 Å². The summed E-state index contributed by atoms with van der Waals surface area (Å²) >= 11 is 0. The number of aryl methyl sites for hydroxylation is 1. The first-order chi connectivity index (χ1) is 6.68. The van der Waals surface area contributed by atoms with E-state index >= 15 is 0 Å². The van der Waals surface area contributed by atoms with E-state index in [-0.39, 0.29) is 6.10 Å². The van der Waals surface area contributed by atoms with Crippen molar-refractivity contribution in [1.82, 2.24) is 0 Å². The van der Waals surface area contributed by atoms with Crippen molar-refractivity contribution >= 4 is 0 Å². The first-order valence-electron chi connectivity index (χ1n) is 5.40. The van der Waals surface area contributed by atoms with Gasteiger partial charge in [0.2, 0.25) is 0 Å². The van der Waals surface area contributed by atoms with E-state index in [2.05, 4.69) is 31.2 Å². The van der Waals surface area contributed by atoms with Crippen LogP contribution in [0, 0.1) is 5.92 Å². The molecule has 0 saturated carbocycles. The zero-order chi connectivity index (χ0) is 10.4. The summed E-state index contributed by atoms with van der Waals surface area (Å²) in [5, 5.41) is 9.22. The van der Waals surface area contributed by atoms with Crippen LogP contribution in [-0.2, 0) is 6.42 Å². The van der Waals surface area contributed by atoms with Gasteiger partial charge in [0.1, 0.15) is 0 Å². The molecule has 0 unspecified atom stereocenters. The Labute approximate surface area is 86.8 Å². The second-order valence-corrected chi connectivity index (χ2v) is 4.21. The molecular weight excluding hydrogens is 172 g/mol. The van der Waals surface area contributed by atoms with Crippen LogP contribution in [0.1, 0.15) is 32.3 Å². The second kappa shape index (κ2) is 5.82. The standard InChI is InChI=1S/C13H20O/c1-11(10-12(2)14)8-9-13-6-4-3-5-7-13/h3-7,11-12,14H,8-10H2,1-2H3/t11-,12-/m1/s1. The molecule has 1 nitrogen and oxygen atoms in total. The average Bonchev–Trinajstić information content (AvgIpc) is 2.15. The van der Waals surface area contributed by atoms with E-state index in [0.29, 0.717) is 5.92 Å². The van der Waals surface area contributed by atoms with Crippen molar-refractivity contribution < 1.29 is 5.11 Å². The van der Waals surface area contributed by atoms with Crippen molar-refractivity contribution in [3.05, 3.63) is 35.9 Å². The highest BCUT2D eigenvalue weighted by Crippen LogP contribution is 2.14.